The highest BCUT2D eigenvalue weighted by atomic mass is 35.5. The van der Waals surface area contributed by atoms with Gasteiger partial charge in [0.05, 0.1) is 7.11 Å². The minimum Gasteiger partial charge on any atom is -0.497 e. The Kier molecular flexibility index (Phi) is 5.45. The maximum Gasteiger partial charge on any atom is 0.131 e. The third-order valence-electron chi connectivity index (χ3n) is 1.86. The van der Waals surface area contributed by atoms with E-state index in [0.29, 0.717) is 11.3 Å². The summed E-state index contributed by atoms with van der Waals surface area (Å²) in [5, 5.41) is 0. The molecule has 1 aromatic carbocycles. The van der Waals surface area contributed by atoms with Crippen molar-refractivity contribution in [3.8, 4) is 5.75 Å². The van der Waals surface area contributed by atoms with Gasteiger partial charge in [-0.1, -0.05) is 6.07 Å². The maximum absolute atomic E-state index is 13.3. The molecule has 0 aliphatic carbocycles. The SMILES string of the molecule is COc1ccc([C@H](N)CN)c(F)c1.Cl. The molecule has 0 amide bonds. The quantitative estimate of drug-likeness (QED) is 0.805. The van der Waals surface area contributed by atoms with Crippen molar-refractivity contribution in [3.63, 3.8) is 0 Å². The highest BCUT2D eigenvalue weighted by Gasteiger charge is 2.09. The maximum atomic E-state index is 13.3. The van der Waals surface area contributed by atoms with Crippen LogP contribution in [0, 0.1) is 5.82 Å². The van der Waals surface area contributed by atoms with Crippen LogP contribution >= 0.6 is 12.4 Å². The minimum atomic E-state index is -0.453. The van der Waals surface area contributed by atoms with Gasteiger partial charge in [0.25, 0.3) is 0 Å². The predicted molar refractivity (Wildman–Crippen MR) is 56.2 cm³/mol. The van der Waals surface area contributed by atoms with Crippen LogP contribution in [-0.2, 0) is 0 Å². The van der Waals surface area contributed by atoms with Gasteiger partial charge in [0.15, 0.2) is 0 Å². The molecule has 5 heteroatoms. The highest BCUT2D eigenvalue weighted by Crippen LogP contribution is 2.19. The minimum absolute atomic E-state index is 0. The van der Waals surface area contributed by atoms with Gasteiger partial charge in [0, 0.05) is 24.2 Å². The lowest BCUT2D eigenvalue weighted by Crippen LogP contribution is -2.21. The lowest BCUT2D eigenvalue weighted by Gasteiger charge is -2.10. The Morgan fingerprint density at radius 3 is 2.57 bits per heavy atom. The van der Waals surface area contributed by atoms with E-state index in [-0.39, 0.29) is 24.8 Å². The number of halogens is 2. The van der Waals surface area contributed by atoms with Crippen LogP contribution < -0.4 is 16.2 Å². The topological polar surface area (TPSA) is 61.3 Å². The van der Waals surface area contributed by atoms with Crippen molar-refractivity contribution < 1.29 is 9.13 Å². The van der Waals surface area contributed by atoms with Crippen molar-refractivity contribution in [1.29, 1.82) is 0 Å². The molecule has 0 radical (unpaired) electrons. The van der Waals surface area contributed by atoms with Crippen molar-refractivity contribution in [3.05, 3.63) is 29.6 Å². The molecule has 0 fully saturated rings. The standard InChI is InChI=1S/C9H13FN2O.ClH/c1-13-6-2-3-7(8(10)4-6)9(12)5-11;/h2-4,9H,5,11-12H2,1H3;1H/t9-;/m1./s1. The largest absolute Gasteiger partial charge is 0.497 e. The first-order valence-corrected chi connectivity index (χ1v) is 3.98. The van der Waals surface area contributed by atoms with Crippen molar-refractivity contribution in [2.45, 2.75) is 6.04 Å². The molecule has 4 N–H and O–H groups in total. The van der Waals surface area contributed by atoms with E-state index in [2.05, 4.69) is 0 Å². The zero-order valence-corrected chi connectivity index (χ0v) is 8.68. The summed E-state index contributed by atoms with van der Waals surface area (Å²) >= 11 is 0. The second-order valence-electron chi connectivity index (χ2n) is 2.73. The number of nitrogens with two attached hydrogens (primary N) is 2. The summed E-state index contributed by atoms with van der Waals surface area (Å²) in [5.41, 5.74) is 11.3. The molecule has 1 atom stereocenters. The molecule has 0 saturated carbocycles. The molecule has 3 nitrogen and oxygen atoms in total. The number of ether oxygens (including phenoxy) is 1. The second kappa shape index (κ2) is 5.80. The van der Waals surface area contributed by atoms with Crippen LogP contribution in [-0.4, -0.2) is 13.7 Å². The fraction of sp³-hybridized carbons (Fsp3) is 0.333. The van der Waals surface area contributed by atoms with Crippen LogP contribution in [0.2, 0.25) is 0 Å². The molecule has 0 heterocycles. The van der Waals surface area contributed by atoms with Gasteiger partial charge >= 0.3 is 0 Å². The number of rotatable bonds is 3. The van der Waals surface area contributed by atoms with Gasteiger partial charge in [-0.25, -0.2) is 4.39 Å². The molecule has 0 spiro atoms. The van der Waals surface area contributed by atoms with E-state index in [4.69, 9.17) is 16.2 Å². The Morgan fingerprint density at radius 1 is 1.50 bits per heavy atom. The lowest BCUT2D eigenvalue weighted by atomic mass is 10.1. The predicted octanol–water partition coefficient (Wildman–Crippen LogP) is 1.21. The molecule has 80 valence electrons. The Hall–Kier alpha value is -0.840. The van der Waals surface area contributed by atoms with Gasteiger partial charge in [-0.15, -0.1) is 12.4 Å². The van der Waals surface area contributed by atoms with Crippen LogP contribution in [0.4, 0.5) is 4.39 Å². The van der Waals surface area contributed by atoms with Crippen LogP contribution in [0.1, 0.15) is 11.6 Å². The number of hydrogen-bond acceptors (Lipinski definition) is 3. The molecule has 0 aromatic heterocycles. The Morgan fingerprint density at radius 2 is 2.14 bits per heavy atom. The summed E-state index contributed by atoms with van der Waals surface area (Å²) in [5.74, 6) is 0.0998. The van der Waals surface area contributed by atoms with Gasteiger partial charge in [0.1, 0.15) is 11.6 Å². The second-order valence-corrected chi connectivity index (χ2v) is 2.73. The van der Waals surface area contributed by atoms with Crippen LogP contribution in [0.5, 0.6) is 5.75 Å². The molecule has 14 heavy (non-hydrogen) atoms. The van der Waals surface area contributed by atoms with Crippen LogP contribution in [0.3, 0.4) is 0 Å². The first-order chi connectivity index (χ1) is 6.19. The van der Waals surface area contributed by atoms with E-state index >= 15 is 0 Å². The van der Waals surface area contributed by atoms with Gasteiger partial charge < -0.3 is 16.2 Å². The fourth-order valence-corrected chi connectivity index (χ4v) is 1.06. The van der Waals surface area contributed by atoms with E-state index in [1.807, 2.05) is 0 Å². The smallest absolute Gasteiger partial charge is 0.131 e. The number of hydrogen-bond donors (Lipinski definition) is 2. The van der Waals surface area contributed by atoms with Crippen molar-refractivity contribution >= 4 is 12.4 Å². The van der Waals surface area contributed by atoms with Gasteiger partial charge in [-0.2, -0.15) is 0 Å². The van der Waals surface area contributed by atoms with Crippen molar-refractivity contribution in [2.75, 3.05) is 13.7 Å². The molecular weight excluding hydrogens is 207 g/mol. The van der Waals surface area contributed by atoms with Crippen LogP contribution in [0.25, 0.3) is 0 Å². The number of methoxy groups -OCH3 is 1. The average Bonchev–Trinajstić information content (AvgIpc) is 2.16. The summed E-state index contributed by atoms with van der Waals surface area (Å²) < 4.78 is 18.1. The first-order valence-electron chi connectivity index (χ1n) is 3.98. The van der Waals surface area contributed by atoms with Gasteiger partial charge in [-0.05, 0) is 6.07 Å². The third-order valence-corrected chi connectivity index (χ3v) is 1.86. The molecule has 0 saturated heterocycles. The zero-order valence-electron chi connectivity index (χ0n) is 7.87. The lowest BCUT2D eigenvalue weighted by molar-refractivity contribution is 0.410. The molecule has 1 aromatic rings. The van der Waals surface area contributed by atoms with E-state index in [1.54, 1.807) is 12.1 Å². The monoisotopic (exact) mass is 220 g/mol. The molecule has 0 aliphatic rings. The summed E-state index contributed by atoms with van der Waals surface area (Å²) in [6.45, 7) is 0.225. The number of benzene rings is 1. The molecule has 0 bridgehead atoms. The summed E-state index contributed by atoms with van der Waals surface area (Å²) in [4.78, 5) is 0. The molecule has 1 rings (SSSR count). The van der Waals surface area contributed by atoms with Crippen molar-refractivity contribution in [1.82, 2.24) is 0 Å². The van der Waals surface area contributed by atoms with Crippen LogP contribution in [0.15, 0.2) is 18.2 Å². The Balaban J connectivity index is 0.00000169. The Labute approximate surface area is 88.6 Å². The van der Waals surface area contributed by atoms with E-state index in [1.165, 1.54) is 13.2 Å². The fourth-order valence-electron chi connectivity index (χ4n) is 1.06. The van der Waals surface area contributed by atoms with E-state index in [0.717, 1.165) is 0 Å². The average molecular weight is 221 g/mol. The van der Waals surface area contributed by atoms with Crippen molar-refractivity contribution in [2.24, 2.45) is 11.5 Å². The Bertz CT molecular complexity index is 296. The third kappa shape index (κ3) is 2.83. The zero-order chi connectivity index (χ0) is 9.84. The summed E-state index contributed by atoms with van der Waals surface area (Å²) in [6, 6.07) is 4.09. The highest BCUT2D eigenvalue weighted by molar-refractivity contribution is 5.85. The first kappa shape index (κ1) is 13.2. The molecular formula is C9H14ClFN2O. The van der Waals surface area contributed by atoms with Gasteiger partial charge in [0.2, 0.25) is 0 Å². The van der Waals surface area contributed by atoms with Gasteiger partial charge in [-0.3, -0.25) is 0 Å². The normalized spacial score (nSPS) is 11.7. The molecule has 0 aliphatic heterocycles. The molecule has 0 unspecified atom stereocenters. The summed E-state index contributed by atoms with van der Waals surface area (Å²) in [7, 11) is 1.48. The summed E-state index contributed by atoms with van der Waals surface area (Å²) in [6.07, 6.45) is 0. The van der Waals surface area contributed by atoms with E-state index < -0.39 is 6.04 Å². The van der Waals surface area contributed by atoms with E-state index in [9.17, 15) is 4.39 Å².